The third-order valence-corrected chi connectivity index (χ3v) is 2.79. The standard InChI is InChI=1S/C11H21N5O2S/c1-17-6-7-18-5-3-4-13-9-8-10(16-12)15-11(14-9)19-2/h8H,3-7,12H2,1-2H3,(H2,13,14,15,16). The van der Waals surface area contributed by atoms with Crippen molar-refractivity contribution in [3.05, 3.63) is 6.07 Å². The fraction of sp³-hybridized carbons (Fsp3) is 0.636. The van der Waals surface area contributed by atoms with E-state index in [0.717, 1.165) is 18.8 Å². The second kappa shape index (κ2) is 9.79. The molecule has 0 aliphatic heterocycles. The number of methoxy groups -OCH3 is 1. The van der Waals surface area contributed by atoms with Gasteiger partial charge in [0.15, 0.2) is 5.16 Å². The fourth-order valence-electron chi connectivity index (χ4n) is 1.32. The molecule has 0 atom stereocenters. The quantitative estimate of drug-likeness (QED) is 0.192. The van der Waals surface area contributed by atoms with Gasteiger partial charge >= 0.3 is 0 Å². The first-order valence-electron chi connectivity index (χ1n) is 6.00. The molecule has 19 heavy (non-hydrogen) atoms. The molecule has 1 aromatic rings. The van der Waals surface area contributed by atoms with Gasteiger partial charge in [-0.2, -0.15) is 0 Å². The van der Waals surface area contributed by atoms with Crippen LogP contribution in [0, 0.1) is 0 Å². The smallest absolute Gasteiger partial charge is 0.191 e. The van der Waals surface area contributed by atoms with E-state index in [1.54, 1.807) is 13.2 Å². The molecule has 0 aliphatic carbocycles. The Balaban J connectivity index is 2.28. The Bertz CT molecular complexity index is 345. The zero-order chi connectivity index (χ0) is 13.9. The molecule has 4 N–H and O–H groups in total. The first kappa shape index (κ1) is 16.0. The highest BCUT2D eigenvalue weighted by molar-refractivity contribution is 7.98. The molecule has 0 bridgehead atoms. The molecular formula is C11H21N5O2S. The van der Waals surface area contributed by atoms with Crippen LogP contribution in [0.3, 0.4) is 0 Å². The number of nitrogens with two attached hydrogens (primary N) is 1. The Morgan fingerprint density at radius 1 is 1.26 bits per heavy atom. The Labute approximate surface area is 117 Å². The van der Waals surface area contributed by atoms with Gasteiger partial charge in [-0.05, 0) is 12.7 Å². The van der Waals surface area contributed by atoms with Crippen LogP contribution in [0.25, 0.3) is 0 Å². The van der Waals surface area contributed by atoms with E-state index in [0.29, 0.717) is 30.8 Å². The molecule has 0 saturated heterocycles. The van der Waals surface area contributed by atoms with Gasteiger partial charge in [0.25, 0.3) is 0 Å². The van der Waals surface area contributed by atoms with E-state index in [9.17, 15) is 0 Å². The Kier molecular flexibility index (Phi) is 8.23. The summed E-state index contributed by atoms with van der Waals surface area (Å²) in [6, 6.07) is 1.77. The maximum atomic E-state index is 5.37. The number of aromatic nitrogens is 2. The molecule has 1 rings (SSSR count). The SMILES string of the molecule is COCCOCCCNc1cc(NN)nc(SC)n1. The molecule has 7 nitrogen and oxygen atoms in total. The molecule has 0 unspecified atom stereocenters. The molecule has 0 amide bonds. The summed E-state index contributed by atoms with van der Waals surface area (Å²) >= 11 is 1.47. The summed E-state index contributed by atoms with van der Waals surface area (Å²) in [6.07, 6.45) is 2.82. The van der Waals surface area contributed by atoms with Crippen LogP contribution in [0.1, 0.15) is 6.42 Å². The van der Waals surface area contributed by atoms with Crippen molar-refractivity contribution in [1.82, 2.24) is 9.97 Å². The van der Waals surface area contributed by atoms with Crippen molar-refractivity contribution in [3.63, 3.8) is 0 Å². The Morgan fingerprint density at radius 3 is 2.74 bits per heavy atom. The number of hydrazine groups is 1. The molecule has 8 heteroatoms. The van der Waals surface area contributed by atoms with E-state index in [1.807, 2.05) is 6.26 Å². The number of anilines is 2. The number of nitrogens with one attached hydrogen (secondary N) is 2. The van der Waals surface area contributed by atoms with Crippen LogP contribution < -0.4 is 16.6 Å². The summed E-state index contributed by atoms with van der Waals surface area (Å²) in [5.74, 6) is 6.71. The van der Waals surface area contributed by atoms with Gasteiger partial charge in [0.1, 0.15) is 11.6 Å². The number of rotatable bonds is 10. The molecule has 0 aromatic carbocycles. The lowest BCUT2D eigenvalue weighted by molar-refractivity contribution is 0.0705. The van der Waals surface area contributed by atoms with E-state index >= 15 is 0 Å². The maximum Gasteiger partial charge on any atom is 0.191 e. The zero-order valence-corrected chi connectivity index (χ0v) is 12.1. The lowest BCUT2D eigenvalue weighted by Gasteiger charge is -2.09. The van der Waals surface area contributed by atoms with E-state index in [-0.39, 0.29) is 0 Å². The van der Waals surface area contributed by atoms with Crippen molar-refractivity contribution >= 4 is 23.4 Å². The summed E-state index contributed by atoms with van der Waals surface area (Å²) in [5, 5.41) is 3.89. The normalized spacial score (nSPS) is 10.5. The van der Waals surface area contributed by atoms with Gasteiger partial charge in [0, 0.05) is 26.3 Å². The minimum atomic E-state index is 0.596. The number of thioether (sulfide) groups is 1. The largest absolute Gasteiger partial charge is 0.382 e. The van der Waals surface area contributed by atoms with Gasteiger partial charge < -0.3 is 20.2 Å². The zero-order valence-electron chi connectivity index (χ0n) is 11.3. The molecule has 0 spiro atoms. The second-order valence-electron chi connectivity index (χ2n) is 3.65. The first-order valence-corrected chi connectivity index (χ1v) is 7.23. The van der Waals surface area contributed by atoms with Gasteiger partial charge in [-0.15, -0.1) is 0 Å². The van der Waals surface area contributed by atoms with Crippen molar-refractivity contribution < 1.29 is 9.47 Å². The predicted molar refractivity (Wildman–Crippen MR) is 77.4 cm³/mol. The van der Waals surface area contributed by atoms with Crippen LogP contribution in [0.4, 0.5) is 11.6 Å². The van der Waals surface area contributed by atoms with Crippen molar-refractivity contribution in [3.8, 4) is 0 Å². The molecule has 0 saturated carbocycles. The molecule has 0 radical (unpaired) electrons. The van der Waals surface area contributed by atoms with E-state index < -0.39 is 0 Å². The molecule has 1 aromatic heterocycles. The summed E-state index contributed by atoms with van der Waals surface area (Å²) in [5.41, 5.74) is 2.52. The van der Waals surface area contributed by atoms with Gasteiger partial charge in [-0.25, -0.2) is 15.8 Å². The predicted octanol–water partition coefficient (Wildman–Crippen LogP) is 0.949. The highest BCUT2D eigenvalue weighted by Gasteiger charge is 2.02. The molecule has 1 heterocycles. The number of hydrogen-bond acceptors (Lipinski definition) is 8. The first-order chi connectivity index (χ1) is 9.30. The van der Waals surface area contributed by atoms with E-state index in [2.05, 4.69) is 20.7 Å². The van der Waals surface area contributed by atoms with E-state index in [1.165, 1.54) is 11.8 Å². The average Bonchev–Trinajstić information content (AvgIpc) is 2.45. The average molecular weight is 287 g/mol. The number of ether oxygens (including phenoxy) is 2. The minimum absolute atomic E-state index is 0.596. The van der Waals surface area contributed by atoms with Gasteiger partial charge in [-0.1, -0.05) is 11.8 Å². The molecular weight excluding hydrogens is 266 g/mol. The summed E-state index contributed by atoms with van der Waals surface area (Å²) in [4.78, 5) is 8.52. The van der Waals surface area contributed by atoms with Crippen LogP contribution in [0.2, 0.25) is 0 Å². The monoisotopic (exact) mass is 287 g/mol. The van der Waals surface area contributed by atoms with Crippen LogP contribution in [0.15, 0.2) is 11.2 Å². The third-order valence-electron chi connectivity index (χ3n) is 2.24. The highest BCUT2D eigenvalue weighted by atomic mass is 32.2. The van der Waals surface area contributed by atoms with Crippen molar-refractivity contribution in [1.29, 1.82) is 0 Å². The Hall–Kier alpha value is -1.09. The Morgan fingerprint density at radius 2 is 2.05 bits per heavy atom. The summed E-state index contributed by atoms with van der Waals surface area (Å²) < 4.78 is 10.3. The topological polar surface area (TPSA) is 94.3 Å². The second-order valence-corrected chi connectivity index (χ2v) is 4.43. The van der Waals surface area contributed by atoms with Gasteiger partial charge in [0.2, 0.25) is 0 Å². The van der Waals surface area contributed by atoms with Crippen LogP contribution in [-0.2, 0) is 9.47 Å². The van der Waals surface area contributed by atoms with Crippen molar-refractivity contribution in [2.24, 2.45) is 5.84 Å². The molecule has 0 aliphatic rings. The lowest BCUT2D eigenvalue weighted by Crippen LogP contribution is -2.12. The van der Waals surface area contributed by atoms with Gasteiger partial charge in [-0.3, -0.25) is 0 Å². The number of hydrogen-bond donors (Lipinski definition) is 3. The van der Waals surface area contributed by atoms with Crippen molar-refractivity contribution in [2.45, 2.75) is 11.6 Å². The van der Waals surface area contributed by atoms with Gasteiger partial charge in [0.05, 0.1) is 13.2 Å². The lowest BCUT2D eigenvalue weighted by atomic mass is 10.4. The summed E-state index contributed by atoms with van der Waals surface area (Å²) in [6.45, 7) is 2.73. The minimum Gasteiger partial charge on any atom is -0.382 e. The van der Waals surface area contributed by atoms with Crippen molar-refractivity contribution in [2.75, 3.05) is 50.5 Å². The van der Waals surface area contributed by atoms with E-state index in [4.69, 9.17) is 15.3 Å². The summed E-state index contributed by atoms with van der Waals surface area (Å²) in [7, 11) is 1.66. The fourth-order valence-corrected chi connectivity index (χ4v) is 1.70. The maximum absolute atomic E-state index is 5.37. The number of nitrogen functional groups attached to an aromatic ring is 1. The molecule has 108 valence electrons. The van der Waals surface area contributed by atoms with Crippen LogP contribution >= 0.6 is 11.8 Å². The van der Waals surface area contributed by atoms with Crippen LogP contribution in [0.5, 0.6) is 0 Å². The van der Waals surface area contributed by atoms with Crippen LogP contribution in [-0.4, -0.2) is 49.7 Å². The molecule has 0 fully saturated rings. The highest BCUT2D eigenvalue weighted by Crippen LogP contribution is 2.16. The number of nitrogens with zero attached hydrogens (tertiary/aromatic N) is 2. The third kappa shape index (κ3) is 6.58.